The highest BCUT2D eigenvalue weighted by Gasteiger charge is 2.42. The van der Waals surface area contributed by atoms with Crippen molar-refractivity contribution in [3.8, 4) is 0 Å². The smallest absolute Gasteiger partial charge is 0.317 e. The Morgan fingerprint density at radius 3 is 2.95 bits per heavy atom. The van der Waals surface area contributed by atoms with Gasteiger partial charge < -0.3 is 15.3 Å². The Morgan fingerprint density at radius 1 is 1.52 bits per heavy atom. The number of nitrogens with one attached hydrogen (secondary N) is 2. The van der Waals surface area contributed by atoms with E-state index >= 15 is 0 Å². The van der Waals surface area contributed by atoms with Crippen molar-refractivity contribution in [2.24, 2.45) is 5.41 Å². The van der Waals surface area contributed by atoms with Gasteiger partial charge in [-0.3, -0.25) is 4.79 Å². The second-order valence-corrected chi connectivity index (χ2v) is 5.35. The SMILES string of the molecule is CCCC1(C(=O)O)CCCN(C(=O)NCc2nn[nH]n2)C1. The van der Waals surface area contributed by atoms with Crippen LogP contribution in [0.15, 0.2) is 0 Å². The zero-order valence-electron chi connectivity index (χ0n) is 12.0. The second kappa shape index (κ2) is 6.51. The molecule has 3 N–H and O–H groups in total. The van der Waals surface area contributed by atoms with Crippen molar-refractivity contribution in [1.82, 2.24) is 30.8 Å². The standard InChI is InChI=1S/C12H20N6O3/c1-2-4-12(10(19)20)5-3-6-18(8-12)11(21)13-7-9-14-16-17-15-9/h2-8H2,1H3,(H,13,21)(H,19,20)(H,14,15,16,17). The van der Waals surface area contributed by atoms with Gasteiger partial charge in [-0.1, -0.05) is 18.6 Å². The molecule has 116 valence electrons. The molecule has 1 unspecified atom stereocenters. The number of carboxylic acids is 1. The van der Waals surface area contributed by atoms with Crippen molar-refractivity contribution in [1.29, 1.82) is 0 Å². The highest BCUT2D eigenvalue weighted by atomic mass is 16.4. The van der Waals surface area contributed by atoms with Crippen molar-refractivity contribution < 1.29 is 14.7 Å². The first kappa shape index (κ1) is 15.2. The first-order chi connectivity index (χ1) is 10.1. The van der Waals surface area contributed by atoms with Gasteiger partial charge in [0.05, 0.1) is 12.0 Å². The maximum Gasteiger partial charge on any atom is 0.317 e. The summed E-state index contributed by atoms with van der Waals surface area (Å²) in [5.74, 6) is -0.432. The minimum absolute atomic E-state index is 0.166. The van der Waals surface area contributed by atoms with Crippen molar-refractivity contribution in [3.63, 3.8) is 0 Å². The Bertz CT molecular complexity index is 487. The van der Waals surface area contributed by atoms with Crippen molar-refractivity contribution in [2.75, 3.05) is 13.1 Å². The van der Waals surface area contributed by atoms with Crippen molar-refractivity contribution in [2.45, 2.75) is 39.2 Å². The topological polar surface area (TPSA) is 124 Å². The van der Waals surface area contributed by atoms with Crippen LogP contribution in [-0.2, 0) is 11.3 Å². The molecule has 0 aromatic carbocycles. The fourth-order valence-corrected chi connectivity index (χ4v) is 2.79. The van der Waals surface area contributed by atoms with Crippen LogP contribution in [-0.4, -0.2) is 55.7 Å². The van der Waals surface area contributed by atoms with Gasteiger partial charge in [-0.2, -0.15) is 5.21 Å². The van der Waals surface area contributed by atoms with Crippen LogP contribution < -0.4 is 5.32 Å². The van der Waals surface area contributed by atoms with Crippen LogP contribution in [0.4, 0.5) is 4.79 Å². The number of aromatic amines is 1. The number of hydrogen-bond donors (Lipinski definition) is 3. The van der Waals surface area contributed by atoms with Gasteiger partial charge in [0.2, 0.25) is 0 Å². The van der Waals surface area contributed by atoms with Gasteiger partial charge >= 0.3 is 12.0 Å². The molecule has 21 heavy (non-hydrogen) atoms. The molecule has 9 heteroatoms. The molecule has 0 radical (unpaired) electrons. The third-order valence-corrected chi connectivity index (χ3v) is 3.83. The fourth-order valence-electron chi connectivity index (χ4n) is 2.79. The molecule has 2 heterocycles. The molecule has 2 amide bonds. The number of aliphatic carboxylic acids is 1. The van der Waals surface area contributed by atoms with Gasteiger partial charge in [-0.25, -0.2) is 4.79 Å². The molecule has 0 saturated carbocycles. The van der Waals surface area contributed by atoms with E-state index in [2.05, 4.69) is 25.9 Å². The zero-order valence-corrected chi connectivity index (χ0v) is 12.0. The summed E-state index contributed by atoms with van der Waals surface area (Å²) in [7, 11) is 0. The minimum Gasteiger partial charge on any atom is -0.481 e. The average Bonchev–Trinajstić information content (AvgIpc) is 2.98. The van der Waals surface area contributed by atoms with Crippen molar-refractivity contribution >= 4 is 12.0 Å². The van der Waals surface area contributed by atoms with E-state index < -0.39 is 11.4 Å². The number of carbonyl (C=O) groups excluding carboxylic acids is 1. The highest BCUT2D eigenvalue weighted by molar-refractivity contribution is 5.78. The summed E-state index contributed by atoms with van der Waals surface area (Å²) in [5, 5.41) is 25.4. The molecular formula is C12H20N6O3. The molecule has 1 aliphatic rings. The molecule has 1 saturated heterocycles. The lowest BCUT2D eigenvalue weighted by Gasteiger charge is -2.39. The third-order valence-electron chi connectivity index (χ3n) is 3.83. The number of hydrogen-bond acceptors (Lipinski definition) is 5. The molecular weight excluding hydrogens is 276 g/mol. The lowest BCUT2D eigenvalue weighted by molar-refractivity contribution is -0.152. The summed E-state index contributed by atoms with van der Waals surface area (Å²) in [6.45, 7) is 2.94. The monoisotopic (exact) mass is 296 g/mol. The Morgan fingerprint density at radius 2 is 2.33 bits per heavy atom. The van der Waals surface area contributed by atoms with E-state index in [1.54, 1.807) is 4.90 Å². The fraction of sp³-hybridized carbons (Fsp3) is 0.750. The molecule has 1 aromatic rings. The van der Waals surface area contributed by atoms with E-state index in [9.17, 15) is 14.7 Å². The largest absolute Gasteiger partial charge is 0.481 e. The number of urea groups is 1. The Balaban J connectivity index is 1.96. The molecule has 1 aromatic heterocycles. The summed E-state index contributed by atoms with van der Waals surface area (Å²) in [6.07, 6.45) is 2.67. The predicted octanol–water partition coefficient (Wildman–Crippen LogP) is 0.376. The first-order valence-corrected chi connectivity index (χ1v) is 7.06. The predicted molar refractivity (Wildman–Crippen MR) is 72.2 cm³/mol. The third kappa shape index (κ3) is 3.47. The summed E-state index contributed by atoms with van der Waals surface area (Å²) in [6, 6.07) is -0.291. The van der Waals surface area contributed by atoms with Gasteiger partial charge in [0.1, 0.15) is 0 Å². The summed E-state index contributed by atoms with van der Waals surface area (Å²) >= 11 is 0. The number of amides is 2. The number of carbonyl (C=O) groups is 2. The number of likely N-dealkylation sites (tertiary alicyclic amines) is 1. The normalized spacial score (nSPS) is 22.0. The average molecular weight is 296 g/mol. The molecule has 1 aliphatic heterocycles. The Hall–Kier alpha value is -2.19. The molecule has 1 fully saturated rings. The van der Waals surface area contributed by atoms with E-state index in [0.717, 1.165) is 6.42 Å². The number of H-pyrrole nitrogens is 1. The van der Waals surface area contributed by atoms with Gasteiger partial charge in [0.15, 0.2) is 5.82 Å². The summed E-state index contributed by atoms with van der Waals surface area (Å²) < 4.78 is 0. The second-order valence-electron chi connectivity index (χ2n) is 5.35. The molecule has 1 atom stereocenters. The van der Waals surface area contributed by atoms with Gasteiger partial charge in [0, 0.05) is 13.1 Å². The number of aromatic nitrogens is 4. The van der Waals surface area contributed by atoms with Gasteiger partial charge in [0.25, 0.3) is 0 Å². The maximum absolute atomic E-state index is 12.1. The molecule has 9 nitrogen and oxygen atoms in total. The lowest BCUT2D eigenvalue weighted by Crippen LogP contribution is -2.52. The molecule has 0 spiro atoms. The van der Waals surface area contributed by atoms with Crippen LogP contribution in [0.2, 0.25) is 0 Å². The van der Waals surface area contributed by atoms with E-state index in [1.807, 2.05) is 6.92 Å². The van der Waals surface area contributed by atoms with Gasteiger partial charge in [-0.05, 0) is 19.3 Å². The quantitative estimate of drug-likeness (QED) is 0.721. The minimum atomic E-state index is -0.823. The molecule has 0 aliphatic carbocycles. The number of nitrogens with zero attached hydrogens (tertiary/aromatic N) is 4. The van der Waals surface area contributed by atoms with E-state index in [-0.39, 0.29) is 19.1 Å². The van der Waals surface area contributed by atoms with E-state index in [0.29, 0.717) is 31.6 Å². The first-order valence-electron chi connectivity index (χ1n) is 7.06. The maximum atomic E-state index is 12.1. The van der Waals surface area contributed by atoms with Crippen LogP contribution in [0.25, 0.3) is 0 Å². The molecule has 2 rings (SSSR count). The van der Waals surface area contributed by atoms with Crippen molar-refractivity contribution in [3.05, 3.63) is 5.82 Å². The lowest BCUT2D eigenvalue weighted by atomic mass is 9.76. The van der Waals surface area contributed by atoms with Crippen LogP contribution in [0, 0.1) is 5.41 Å². The number of rotatable bonds is 5. The van der Waals surface area contributed by atoms with E-state index in [4.69, 9.17) is 0 Å². The number of tetrazole rings is 1. The Labute approximate surface area is 122 Å². The Kier molecular flexibility index (Phi) is 4.71. The van der Waals surface area contributed by atoms with Gasteiger partial charge in [-0.15, -0.1) is 10.2 Å². The summed E-state index contributed by atoms with van der Waals surface area (Å²) in [4.78, 5) is 25.3. The number of carboxylic acid groups (broad SMARTS) is 1. The molecule has 0 bridgehead atoms. The summed E-state index contributed by atoms with van der Waals surface area (Å²) in [5.41, 5.74) is -0.823. The van der Waals surface area contributed by atoms with Crippen LogP contribution in [0.3, 0.4) is 0 Å². The number of piperidine rings is 1. The van der Waals surface area contributed by atoms with Crippen LogP contribution in [0.1, 0.15) is 38.4 Å². The highest BCUT2D eigenvalue weighted by Crippen LogP contribution is 2.35. The van der Waals surface area contributed by atoms with Crippen LogP contribution in [0.5, 0.6) is 0 Å². The van der Waals surface area contributed by atoms with Crippen LogP contribution >= 0.6 is 0 Å². The zero-order chi connectivity index (χ0) is 15.3. The van der Waals surface area contributed by atoms with E-state index in [1.165, 1.54) is 0 Å².